The molecule has 0 N–H and O–H groups in total. The molecule has 0 amide bonds. The van der Waals surface area contributed by atoms with Gasteiger partial charge in [-0.25, -0.2) is 16.8 Å². The van der Waals surface area contributed by atoms with Crippen molar-refractivity contribution in [2.24, 2.45) is 0 Å². The van der Waals surface area contributed by atoms with Gasteiger partial charge in [0, 0.05) is 18.6 Å². The highest BCUT2D eigenvalue weighted by Gasteiger charge is 2.10. The first-order valence-corrected chi connectivity index (χ1v) is 9.48. The molecule has 0 saturated carbocycles. The van der Waals surface area contributed by atoms with Crippen LogP contribution in [0.25, 0.3) is 11.1 Å². The minimum absolute atomic E-state index is 0.113. The van der Waals surface area contributed by atoms with Crippen LogP contribution in [0.4, 0.5) is 0 Å². The van der Waals surface area contributed by atoms with Gasteiger partial charge in [-0.2, -0.15) is 0 Å². The molecule has 2 aromatic carbocycles. The van der Waals surface area contributed by atoms with Crippen molar-refractivity contribution < 1.29 is 16.8 Å². The van der Waals surface area contributed by atoms with E-state index in [2.05, 4.69) is 6.07 Å². The van der Waals surface area contributed by atoms with Crippen molar-refractivity contribution in [2.45, 2.75) is 9.79 Å². The molecule has 0 aliphatic rings. The normalized spacial score (nSPS) is 12.3. The molecule has 20 heavy (non-hydrogen) atoms. The SMILES string of the molecule is CS(=O)(=O)c1[c]ccc(-c2ccc(S(C)(=O)=O)cc2)c1. The monoisotopic (exact) mass is 309 g/mol. The first-order valence-electron chi connectivity index (χ1n) is 5.70. The second kappa shape index (κ2) is 5.03. The largest absolute Gasteiger partial charge is 0.224 e. The minimum Gasteiger partial charge on any atom is -0.224 e. The Hall–Kier alpha value is -1.66. The molecule has 2 rings (SSSR count). The van der Waals surface area contributed by atoms with Crippen LogP contribution >= 0.6 is 0 Å². The second-order valence-electron chi connectivity index (χ2n) is 4.51. The van der Waals surface area contributed by atoms with Gasteiger partial charge >= 0.3 is 0 Å². The fourth-order valence-electron chi connectivity index (χ4n) is 1.73. The highest BCUT2D eigenvalue weighted by Crippen LogP contribution is 2.23. The van der Waals surface area contributed by atoms with E-state index in [1.807, 2.05) is 0 Å². The van der Waals surface area contributed by atoms with Crippen molar-refractivity contribution in [3.05, 3.63) is 48.5 Å². The van der Waals surface area contributed by atoms with Gasteiger partial charge < -0.3 is 0 Å². The molecule has 0 aromatic heterocycles. The van der Waals surface area contributed by atoms with E-state index in [9.17, 15) is 16.8 Å². The predicted molar refractivity (Wildman–Crippen MR) is 76.9 cm³/mol. The van der Waals surface area contributed by atoms with Gasteiger partial charge in [-0.3, -0.25) is 0 Å². The molecule has 6 heteroatoms. The highest BCUT2D eigenvalue weighted by atomic mass is 32.2. The van der Waals surface area contributed by atoms with Crippen molar-refractivity contribution >= 4 is 19.7 Å². The summed E-state index contributed by atoms with van der Waals surface area (Å²) in [5.41, 5.74) is 1.44. The van der Waals surface area contributed by atoms with Crippen LogP contribution in [-0.4, -0.2) is 29.3 Å². The zero-order valence-electron chi connectivity index (χ0n) is 11.0. The third kappa shape index (κ3) is 3.26. The molecule has 1 radical (unpaired) electrons. The zero-order chi connectivity index (χ0) is 15.0. The summed E-state index contributed by atoms with van der Waals surface area (Å²) >= 11 is 0. The van der Waals surface area contributed by atoms with Crippen LogP contribution in [0.15, 0.2) is 52.3 Å². The van der Waals surface area contributed by atoms with Crippen LogP contribution in [-0.2, 0) is 19.7 Å². The van der Waals surface area contributed by atoms with Crippen LogP contribution in [0.3, 0.4) is 0 Å². The van der Waals surface area contributed by atoms with E-state index in [1.165, 1.54) is 24.3 Å². The number of benzene rings is 2. The summed E-state index contributed by atoms with van der Waals surface area (Å²) in [7, 11) is -6.55. The summed E-state index contributed by atoms with van der Waals surface area (Å²) in [6.07, 6.45) is 2.26. The van der Waals surface area contributed by atoms with E-state index in [4.69, 9.17) is 0 Å². The van der Waals surface area contributed by atoms with Crippen molar-refractivity contribution in [1.29, 1.82) is 0 Å². The maximum absolute atomic E-state index is 11.5. The highest BCUT2D eigenvalue weighted by molar-refractivity contribution is 7.91. The summed E-state index contributed by atoms with van der Waals surface area (Å²) in [5.74, 6) is 0. The molecule has 0 aliphatic heterocycles. The Kier molecular flexibility index (Phi) is 3.71. The lowest BCUT2D eigenvalue weighted by Crippen LogP contribution is -1.98. The van der Waals surface area contributed by atoms with Crippen LogP contribution in [0.1, 0.15) is 0 Å². The molecule has 0 unspecified atom stereocenters. The van der Waals surface area contributed by atoms with E-state index in [0.717, 1.165) is 18.1 Å². The van der Waals surface area contributed by atoms with E-state index in [0.29, 0.717) is 5.56 Å². The third-order valence-electron chi connectivity index (χ3n) is 2.79. The Balaban J connectivity index is 2.48. The number of hydrogen-bond acceptors (Lipinski definition) is 4. The predicted octanol–water partition coefficient (Wildman–Crippen LogP) is 1.96. The van der Waals surface area contributed by atoms with E-state index in [1.54, 1.807) is 18.2 Å². The molecule has 105 valence electrons. The van der Waals surface area contributed by atoms with Gasteiger partial charge in [0.25, 0.3) is 0 Å². The van der Waals surface area contributed by atoms with Gasteiger partial charge in [0.15, 0.2) is 19.7 Å². The minimum atomic E-state index is -3.32. The van der Waals surface area contributed by atoms with Crippen molar-refractivity contribution in [2.75, 3.05) is 12.5 Å². The molecule has 0 atom stereocenters. The van der Waals surface area contributed by atoms with Gasteiger partial charge in [-0.1, -0.05) is 24.3 Å². The third-order valence-corrected chi connectivity index (χ3v) is 4.95. The van der Waals surface area contributed by atoms with Gasteiger partial charge in [0.2, 0.25) is 0 Å². The summed E-state index contributed by atoms with van der Waals surface area (Å²) < 4.78 is 45.7. The van der Waals surface area contributed by atoms with Crippen molar-refractivity contribution in [3.63, 3.8) is 0 Å². The van der Waals surface area contributed by atoms with Gasteiger partial charge in [0.1, 0.15) is 0 Å². The Morgan fingerprint density at radius 2 is 1.40 bits per heavy atom. The first-order chi connectivity index (χ1) is 9.18. The Morgan fingerprint density at radius 3 is 1.90 bits per heavy atom. The number of hydrogen-bond donors (Lipinski definition) is 0. The average Bonchev–Trinajstić information content (AvgIpc) is 2.37. The van der Waals surface area contributed by atoms with E-state index < -0.39 is 19.7 Å². The Bertz CT molecular complexity index is 833. The Labute approximate surface area is 118 Å². The Morgan fingerprint density at radius 1 is 0.800 bits per heavy atom. The van der Waals surface area contributed by atoms with E-state index in [-0.39, 0.29) is 9.79 Å². The lowest BCUT2D eigenvalue weighted by atomic mass is 10.1. The second-order valence-corrected chi connectivity index (χ2v) is 8.51. The molecule has 0 fully saturated rings. The maximum Gasteiger partial charge on any atom is 0.176 e. The van der Waals surface area contributed by atoms with Gasteiger partial charge in [0.05, 0.1) is 9.79 Å². The van der Waals surface area contributed by atoms with Crippen LogP contribution in [0.2, 0.25) is 0 Å². The zero-order valence-corrected chi connectivity index (χ0v) is 12.6. The number of sulfone groups is 2. The summed E-state index contributed by atoms with van der Waals surface area (Å²) in [5, 5.41) is 0. The lowest BCUT2D eigenvalue weighted by molar-refractivity contribution is 0.600. The number of rotatable bonds is 3. The fraction of sp³-hybridized carbons (Fsp3) is 0.143. The molecule has 0 aliphatic carbocycles. The topological polar surface area (TPSA) is 68.3 Å². The van der Waals surface area contributed by atoms with E-state index >= 15 is 0 Å². The lowest BCUT2D eigenvalue weighted by Gasteiger charge is -2.05. The summed E-state index contributed by atoms with van der Waals surface area (Å²) in [4.78, 5) is 0.342. The molecular formula is C14H13O4S2. The van der Waals surface area contributed by atoms with Gasteiger partial charge in [-0.15, -0.1) is 0 Å². The smallest absolute Gasteiger partial charge is 0.176 e. The molecule has 4 nitrogen and oxygen atoms in total. The van der Waals surface area contributed by atoms with Crippen molar-refractivity contribution in [3.8, 4) is 11.1 Å². The fourth-order valence-corrected chi connectivity index (χ4v) is 2.99. The van der Waals surface area contributed by atoms with Crippen LogP contribution < -0.4 is 0 Å². The quantitative estimate of drug-likeness (QED) is 0.869. The summed E-state index contributed by atoms with van der Waals surface area (Å²) in [6, 6.07) is 13.8. The van der Waals surface area contributed by atoms with Crippen LogP contribution in [0.5, 0.6) is 0 Å². The first kappa shape index (κ1) is 14.7. The molecule has 0 spiro atoms. The maximum atomic E-state index is 11.5. The van der Waals surface area contributed by atoms with Gasteiger partial charge in [-0.05, 0) is 29.3 Å². The molecule has 0 saturated heterocycles. The molecule has 2 aromatic rings. The summed E-state index contributed by atoms with van der Waals surface area (Å²) in [6.45, 7) is 0. The standard InChI is InChI=1S/C14H13O4S2/c1-19(15,16)13-8-6-11(7-9-13)12-4-3-5-14(10-12)20(2,17)18/h3-4,6-10H,1-2H3. The average molecular weight is 309 g/mol. The van der Waals surface area contributed by atoms with Crippen molar-refractivity contribution in [1.82, 2.24) is 0 Å². The molecular weight excluding hydrogens is 296 g/mol. The molecule has 0 heterocycles. The molecule has 0 bridgehead atoms. The van der Waals surface area contributed by atoms with Crippen LogP contribution in [0, 0.1) is 6.07 Å².